The zero-order valence-corrected chi connectivity index (χ0v) is 17.8. The average molecular weight is 404 g/mol. The summed E-state index contributed by atoms with van der Waals surface area (Å²) in [5.74, 6) is 0.836. The molecule has 2 saturated heterocycles. The highest BCUT2D eigenvalue weighted by molar-refractivity contribution is 5.79. The first-order chi connectivity index (χ1) is 14.2. The van der Waals surface area contributed by atoms with Gasteiger partial charge in [-0.3, -0.25) is 9.89 Å². The number of para-hydroxylation sites is 1. The molecule has 1 aromatic carbocycles. The Bertz CT molecular complexity index is 611. The Morgan fingerprint density at radius 2 is 1.97 bits per heavy atom. The lowest BCUT2D eigenvalue weighted by Crippen LogP contribution is -2.47. The molecule has 2 heterocycles. The molecule has 3 rings (SSSR count). The molecule has 0 aromatic heterocycles. The summed E-state index contributed by atoms with van der Waals surface area (Å²) < 4.78 is 5.56. The molecule has 2 fully saturated rings. The zero-order chi connectivity index (χ0) is 20.4. The lowest BCUT2D eigenvalue weighted by molar-refractivity contribution is 0.127. The fourth-order valence-corrected chi connectivity index (χ4v) is 4.18. The fraction of sp³-hybridized carbons (Fsp3) is 0.682. The number of piperazine rings is 1. The van der Waals surface area contributed by atoms with Crippen LogP contribution in [0.5, 0.6) is 0 Å². The Kier molecular flexibility index (Phi) is 8.58. The smallest absolute Gasteiger partial charge is 0.190 e. The molecule has 0 spiro atoms. The number of anilines is 1. The summed E-state index contributed by atoms with van der Waals surface area (Å²) in [7, 11) is 1.81. The SMILES string of the molecule is CN=C(NCCCN1CCN(c2ccccc2)CC1)NCC1(CCO)CCOC1. The van der Waals surface area contributed by atoms with E-state index in [4.69, 9.17) is 4.74 Å². The van der Waals surface area contributed by atoms with Crippen LogP contribution in [0.15, 0.2) is 35.3 Å². The van der Waals surface area contributed by atoms with Crippen molar-refractivity contribution in [3.8, 4) is 0 Å². The largest absolute Gasteiger partial charge is 0.396 e. The first-order valence-corrected chi connectivity index (χ1v) is 10.9. The molecule has 2 aliphatic heterocycles. The molecular formula is C22H37N5O2. The van der Waals surface area contributed by atoms with Crippen LogP contribution in [0.3, 0.4) is 0 Å². The molecule has 7 nitrogen and oxygen atoms in total. The van der Waals surface area contributed by atoms with Crippen LogP contribution in [0.25, 0.3) is 0 Å². The van der Waals surface area contributed by atoms with Crippen molar-refractivity contribution in [2.45, 2.75) is 19.3 Å². The number of nitrogens with one attached hydrogen (secondary N) is 2. The molecule has 0 saturated carbocycles. The molecule has 0 bridgehead atoms. The Morgan fingerprint density at radius 1 is 1.17 bits per heavy atom. The fourth-order valence-electron chi connectivity index (χ4n) is 4.18. The summed E-state index contributed by atoms with van der Waals surface area (Å²) in [4.78, 5) is 9.35. The number of aliphatic hydroxyl groups is 1. The van der Waals surface area contributed by atoms with Crippen molar-refractivity contribution in [2.24, 2.45) is 10.4 Å². The van der Waals surface area contributed by atoms with Crippen LogP contribution in [0.4, 0.5) is 5.69 Å². The standard InChI is InChI=1S/C22H37N5O2/c1-23-21(25-18-22(8-16-28)9-17-29-19-22)24-10-5-11-26-12-14-27(15-13-26)20-6-3-2-4-7-20/h2-4,6-7,28H,5,8-19H2,1H3,(H2,23,24,25). The molecule has 7 heteroatoms. The number of ether oxygens (including phenoxy) is 1. The van der Waals surface area contributed by atoms with Crippen LogP contribution < -0.4 is 15.5 Å². The number of aliphatic imine (C=N–C) groups is 1. The van der Waals surface area contributed by atoms with Crippen LogP contribution >= 0.6 is 0 Å². The Morgan fingerprint density at radius 3 is 2.62 bits per heavy atom. The highest BCUT2D eigenvalue weighted by Crippen LogP contribution is 2.31. The summed E-state index contributed by atoms with van der Waals surface area (Å²) in [6.45, 7) is 8.92. The maximum Gasteiger partial charge on any atom is 0.190 e. The van der Waals surface area contributed by atoms with Crippen molar-refractivity contribution in [1.29, 1.82) is 0 Å². The van der Waals surface area contributed by atoms with E-state index in [0.717, 1.165) is 77.6 Å². The summed E-state index contributed by atoms with van der Waals surface area (Å²) >= 11 is 0. The van der Waals surface area contributed by atoms with Gasteiger partial charge < -0.3 is 25.4 Å². The Hall–Kier alpha value is -1.83. The highest BCUT2D eigenvalue weighted by Gasteiger charge is 2.34. The molecule has 1 aromatic rings. The molecule has 0 amide bonds. The number of aliphatic hydroxyl groups excluding tert-OH is 1. The summed E-state index contributed by atoms with van der Waals surface area (Å²) in [6, 6.07) is 10.7. The van der Waals surface area contributed by atoms with E-state index in [9.17, 15) is 5.11 Å². The highest BCUT2D eigenvalue weighted by atomic mass is 16.5. The summed E-state index contributed by atoms with van der Waals surface area (Å²) in [5, 5.41) is 16.2. The van der Waals surface area contributed by atoms with Crippen molar-refractivity contribution in [3.05, 3.63) is 30.3 Å². The lowest BCUT2D eigenvalue weighted by Gasteiger charge is -2.36. The van der Waals surface area contributed by atoms with Gasteiger partial charge in [-0.1, -0.05) is 18.2 Å². The second-order valence-electron chi connectivity index (χ2n) is 8.15. The molecule has 1 atom stereocenters. The summed E-state index contributed by atoms with van der Waals surface area (Å²) in [6.07, 6.45) is 2.86. The van der Waals surface area contributed by atoms with Crippen molar-refractivity contribution < 1.29 is 9.84 Å². The van der Waals surface area contributed by atoms with Gasteiger partial charge in [0.1, 0.15) is 0 Å². The number of guanidine groups is 1. The quantitative estimate of drug-likeness (QED) is 0.326. The molecule has 0 aliphatic carbocycles. The van der Waals surface area contributed by atoms with Gasteiger partial charge in [0, 0.05) is 70.6 Å². The predicted octanol–water partition coefficient (Wildman–Crippen LogP) is 1.15. The number of benzene rings is 1. The Labute approximate surface area is 175 Å². The number of nitrogens with zero attached hydrogens (tertiary/aromatic N) is 3. The summed E-state index contributed by atoms with van der Waals surface area (Å²) in [5.41, 5.74) is 1.36. The lowest BCUT2D eigenvalue weighted by atomic mass is 9.84. The van der Waals surface area contributed by atoms with Gasteiger partial charge in [-0.25, -0.2) is 0 Å². The van der Waals surface area contributed by atoms with E-state index in [1.165, 1.54) is 5.69 Å². The van der Waals surface area contributed by atoms with Crippen molar-refractivity contribution in [3.63, 3.8) is 0 Å². The van der Waals surface area contributed by atoms with E-state index in [-0.39, 0.29) is 12.0 Å². The second-order valence-corrected chi connectivity index (χ2v) is 8.15. The Balaban J connectivity index is 1.30. The van der Waals surface area contributed by atoms with Gasteiger partial charge >= 0.3 is 0 Å². The van der Waals surface area contributed by atoms with Crippen LogP contribution in [-0.4, -0.2) is 88.6 Å². The van der Waals surface area contributed by atoms with Gasteiger partial charge in [-0.05, 0) is 37.9 Å². The number of hydrogen-bond donors (Lipinski definition) is 3. The number of hydrogen-bond acceptors (Lipinski definition) is 5. The minimum Gasteiger partial charge on any atom is -0.396 e. The third-order valence-electron chi connectivity index (χ3n) is 6.12. The predicted molar refractivity (Wildman–Crippen MR) is 119 cm³/mol. The average Bonchev–Trinajstić information content (AvgIpc) is 3.23. The van der Waals surface area contributed by atoms with E-state index >= 15 is 0 Å². The third-order valence-corrected chi connectivity index (χ3v) is 6.12. The van der Waals surface area contributed by atoms with Crippen LogP contribution in [0.1, 0.15) is 19.3 Å². The van der Waals surface area contributed by atoms with E-state index in [2.05, 4.69) is 55.8 Å². The zero-order valence-electron chi connectivity index (χ0n) is 17.8. The molecule has 0 radical (unpaired) electrons. The van der Waals surface area contributed by atoms with Crippen molar-refractivity contribution in [1.82, 2.24) is 15.5 Å². The van der Waals surface area contributed by atoms with Crippen LogP contribution in [0, 0.1) is 5.41 Å². The molecule has 2 aliphatic rings. The first-order valence-electron chi connectivity index (χ1n) is 10.9. The van der Waals surface area contributed by atoms with Crippen molar-refractivity contribution >= 4 is 11.6 Å². The molecule has 29 heavy (non-hydrogen) atoms. The van der Waals surface area contributed by atoms with E-state index < -0.39 is 0 Å². The van der Waals surface area contributed by atoms with Gasteiger partial charge in [0.05, 0.1) is 6.61 Å². The van der Waals surface area contributed by atoms with Crippen LogP contribution in [0.2, 0.25) is 0 Å². The molecule has 3 N–H and O–H groups in total. The molecular weight excluding hydrogens is 366 g/mol. The monoisotopic (exact) mass is 403 g/mol. The second kappa shape index (κ2) is 11.4. The van der Waals surface area contributed by atoms with E-state index in [1.54, 1.807) is 0 Å². The van der Waals surface area contributed by atoms with Crippen molar-refractivity contribution in [2.75, 3.05) is 77.6 Å². The molecule has 1 unspecified atom stereocenters. The van der Waals surface area contributed by atoms with Gasteiger partial charge in [0.2, 0.25) is 0 Å². The van der Waals surface area contributed by atoms with Gasteiger partial charge in [0.15, 0.2) is 5.96 Å². The molecule has 162 valence electrons. The topological polar surface area (TPSA) is 72.4 Å². The van der Waals surface area contributed by atoms with E-state index in [1.807, 2.05) is 7.05 Å². The third kappa shape index (κ3) is 6.59. The van der Waals surface area contributed by atoms with Crippen LogP contribution in [-0.2, 0) is 4.74 Å². The maximum absolute atomic E-state index is 9.36. The minimum atomic E-state index is 0.0325. The first kappa shape index (κ1) is 21.9. The maximum atomic E-state index is 9.36. The minimum absolute atomic E-state index is 0.0325. The normalized spacial score (nSPS) is 23.4. The van der Waals surface area contributed by atoms with Gasteiger partial charge in [0.25, 0.3) is 0 Å². The number of rotatable bonds is 9. The van der Waals surface area contributed by atoms with E-state index in [0.29, 0.717) is 6.61 Å². The van der Waals surface area contributed by atoms with Gasteiger partial charge in [-0.15, -0.1) is 0 Å². The van der Waals surface area contributed by atoms with Gasteiger partial charge in [-0.2, -0.15) is 0 Å².